The Labute approximate surface area is 91.9 Å². The van der Waals surface area contributed by atoms with Gasteiger partial charge in [0.25, 0.3) is 0 Å². The molecule has 76 valence electrons. The lowest BCUT2D eigenvalue weighted by molar-refractivity contribution is 0.188. The van der Waals surface area contributed by atoms with E-state index in [1.54, 1.807) is 27.8 Å². The van der Waals surface area contributed by atoms with Gasteiger partial charge in [-0.3, -0.25) is 0 Å². The van der Waals surface area contributed by atoms with Crippen molar-refractivity contribution in [1.82, 2.24) is 4.98 Å². The van der Waals surface area contributed by atoms with Gasteiger partial charge in [-0.05, 0) is 42.2 Å². The van der Waals surface area contributed by atoms with Crippen LogP contribution >= 0.6 is 21.6 Å². The highest BCUT2D eigenvalue weighted by Gasteiger charge is 2.25. The summed E-state index contributed by atoms with van der Waals surface area (Å²) in [4.78, 5) is 4.23. The van der Waals surface area contributed by atoms with Gasteiger partial charge in [0.1, 0.15) is 5.03 Å². The van der Waals surface area contributed by atoms with E-state index in [1.165, 1.54) is 0 Å². The minimum absolute atomic E-state index is 0.115. The molecule has 1 fully saturated rings. The van der Waals surface area contributed by atoms with Crippen molar-refractivity contribution in [2.24, 2.45) is 0 Å². The van der Waals surface area contributed by atoms with Gasteiger partial charge < -0.3 is 5.11 Å². The van der Waals surface area contributed by atoms with E-state index in [-0.39, 0.29) is 6.10 Å². The van der Waals surface area contributed by atoms with E-state index in [2.05, 4.69) is 4.98 Å². The molecular weight excluding hydrogens is 214 g/mol. The molecule has 1 heterocycles. The standard InChI is InChI=1S/C10H13NOS2/c12-8-4-3-5-9(8)13-14-10-6-1-2-7-11-10/h1-2,6-9,12H,3-5H2/t8-,9?/m0/s1. The Hall–Kier alpha value is -0.190. The van der Waals surface area contributed by atoms with Crippen LogP contribution in [0, 0.1) is 0 Å². The maximum Gasteiger partial charge on any atom is 0.106 e. The fourth-order valence-corrected chi connectivity index (χ4v) is 4.15. The molecule has 14 heavy (non-hydrogen) atoms. The van der Waals surface area contributed by atoms with Crippen molar-refractivity contribution in [3.63, 3.8) is 0 Å². The van der Waals surface area contributed by atoms with Gasteiger partial charge in [0.15, 0.2) is 0 Å². The topological polar surface area (TPSA) is 33.1 Å². The molecule has 0 spiro atoms. The fraction of sp³-hybridized carbons (Fsp3) is 0.500. The van der Waals surface area contributed by atoms with Gasteiger partial charge in [0.2, 0.25) is 0 Å². The van der Waals surface area contributed by atoms with Gasteiger partial charge in [0.05, 0.1) is 6.10 Å². The van der Waals surface area contributed by atoms with Crippen molar-refractivity contribution in [1.29, 1.82) is 0 Å². The van der Waals surface area contributed by atoms with Crippen LogP contribution in [0.25, 0.3) is 0 Å². The lowest BCUT2D eigenvalue weighted by Gasteiger charge is -2.11. The molecule has 2 rings (SSSR count). The number of nitrogens with zero attached hydrogens (tertiary/aromatic N) is 1. The van der Waals surface area contributed by atoms with Crippen LogP contribution in [0.5, 0.6) is 0 Å². The van der Waals surface area contributed by atoms with E-state index in [9.17, 15) is 5.11 Å². The molecule has 2 atom stereocenters. The highest BCUT2D eigenvalue weighted by molar-refractivity contribution is 8.76. The monoisotopic (exact) mass is 227 g/mol. The predicted molar refractivity (Wildman–Crippen MR) is 61.3 cm³/mol. The third-order valence-electron chi connectivity index (χ3n) is 2.31. The molecule has 1 aromatic rings. The molecule has 4 heteroatoms. The Morgan fingerprint density at radius 2 is 2.29 bits per heavy atom. The van der Waals surface area contributed by atoms with E-state index in [0.29, 0.717) is 5.25 Å². The average Bonchev–Trinajstić information content (AvgIpc) is 2.63. The Bertz CT molecular complexity index is 281. The molecule has 0 aromatic carbocycles. The lowest BCUT2D eigenvalue weighted by Crippen LogP contribution is -2.13. The van der Waals surface area contributed by atoms with Crippen molar-refractivity contribution in [2.75, 3.05) is 0 Å². The molecule has 1 aliphatic carbocycles. The highest BCUT2D eigenvalue weighted by atomic mass is 33.1. The van der Waals surface area contributed by atoms with Crippen LogP contribution in [0.3, 0.4) is 0 Å². The van der Waals surface area contributed by atoms with Gasteiger partial charge in [-0.25, -0.2) is 4.98 Å². The van der Waals surface area contributed by atoms with E-state index in [4.69, 9.17) is 0 Å². The Balaban J connectivity index is 1.82. The Morgan fingerprint density at radius 1 is 1.36 bits per heavy atom. The lowest BCUT2D eigenvalue weighted by atomic mass is 10.3. The number of aromatic nitrogens is 1. The van der Waals surface area contributed by atoms with E-state index in [0.717, 1.165) is 24.3 Å². The molecule has 1 N–H and O–H groups in total. The molecule has 1 aromatic heterocycles. The minimum atomic E-state index is -0.115. The number of aliphatic hydroxyl groups excluding tert-OH is 1. The summed E-state index contributed by atoms with van der Waals surface area (Å²) in [6.07, 6.45) is 4.93. The number of rotatable bonds is 3. The Kier molecular flexibility index (Phi) is 3.73. The summed E-state index contributed by atoms with van der Waals surface area (Å²) in [7, 11) is 3.42. The van der Waals surface area contributed by atoms with E-state index in [1.807, 2.05) is 18.2 Å². The van der Waals surface area contributed by atoms with Gasteiger partial charge in [-0.1, -0.05) is 16.9 Å². The van der Waals surface area contributed by atoms with Gasteiger partial charge in [-0.15, -0.1) is 0 Å². The van der Waals surface area contributed by atoms with Crippen molar-refractivity contribution < 1.29 is 5.11 Å². The van der Waals surface area contributed by atoms with Gasteiger partial charge in [0, 0.05) is 11.4 Å². The zero-order valence-electron chi connectivity index (χ0n) is 7.80. The van der Waals surface area contributed by atoms with E-state index < -0.39 is 0 Å². The van der Waals surface area contributed by atoms with Crippen LogP contribution in [-0.4, -0.2) is 21.4 Å². The summed E-state index contributed by atoms with van der Waals surface area (Å²) < 4.78 is 0. The van der Waals surface area contributed by atoms with Crippen LogP contribution < -0.4 is 0 Å². The van der Waals surface area contributed by atoms with Crippen LogP contribution in [0.1, 0.15) is 19.3 Å². The number of hydrogen-bond donors (Lipinski definition) is 1. The first-order valence-corrected chi connectivity index (χ1v) is 7.00. The second-order valence-electron chi connectivity index (χ2n) is 3.38. The zero-order valence-corrected chi connectivity index (χ0v) is 9.43. The highest BCUT2D eigenvalue weighted by Crippen LogP contribution is 2.40. The molecule has 0 amide bonds. The summed E-state index contributed by atoms with van der Waals surface area (Å²) in [5, 5.41) is 11.0. The first kappa shape index (κ1) is 10.3. The molecule has 0 saturated heterocycles. The number of aliphatic hydroxyl groups is 1. The minimum Gasteiger partial charge on any atom is -0.392 e. The molecule has 0 bridgehead atoms. The second kappa shape index (κ2) is 5.05. The largest absolute Gasteiger partial charge is 0.392 e. The molecular formula is C10H13NOS2. The molecule has 2 nitrogen and oxygen atoms in total. The first-order chi connectivity index (χ1) is 6.86. The van der Waals surface area contributed by atoms with Crippen molar-refractivity contribution >= 4 is 21.6 Å². The predicted octanol–water partition coefficient (Wildman–Crippen LogP) is 2.74. The van der Waals surface area contributed by atoms with Crippen LogP contribution in [0.4, 0.5) is 0 Å². The normalized spacial score (nSPS) is 26.6. The van der Waals surface area contributed by atoms with E-state index >= 15 is 0 Å². The van der Waals surface area contributed by atoms with Crippen LogP contribution in [-0.2, 0) is 0 Å². The van der Waals surface area contributed by atoms with Crippen LogP contribution in [0.15, 0.2) is 29.4 Å². The Morgan fingerprint density at radius 3 is 2.93 bits per heavy atom. The molecule has 0 aliphatic heterocycles. The first-order valence-electron chi connectivity index (χ1n) is 4.79. The second-order valence-corrected chi connectivity index (χ2v) is 5.84. The zero-order chi connectivity index (χ0) is 9.80. The molecule has 0 radical (unpaired) electrons. The average molecular weight is 227 g/mol. The van der Waals surface area contributed by atoms with Gasteiger partial charge in [-0.2, -0.15) is 0 Å². The molecule has 1 unspecified atom stereocenters. The summed E-state index contributed by atoms with van der Waals surface area (Å²) in [6.45, 7) is 0. The summed E-state index contributed by atoms with van der Waals surface area (Å²) in [5.41, 5.74) is 0. The SMILES string of the molecule is O[C@H]1CCCC1SSc1ccccn1. The third kappa shape index (κ3) is 2.65. The molecule has 1 saturated carbocycles. The van der Waals surface area contributed by atoms with Crippen molar-refractivity contribution in [2.45, 2.75) is 35.6 Å². The quantitative estimate of drug-likeness (QED) is 0.805. The summed E-state index contributed by atoms with van der Waals surface area (Å²) in [6, 6.07) is 5.90. The number of hydrogen-bond acceptors (Lipinski definition) is 4. The number of pyridine rings is 1. The third-order valence-corrected chi connectivity index (χ3v) is 5.16. The smallest absolute Gasteiger partial charge is 0.106 e. The molecule has 1 aliphatic rings. The summed E-state index contributed by atoms with van der Waals surface area (Å²) in [5.74, 6) is 0. The van der Waals surface area contributed by atoms with Gasteiger partial charge >= 0.3 is 0 Å². The fourth-order valence-electron chi connectivity index (χ4n) is 1.53. The van der Waals surface area contributed by atoms with Crippen LogP contribution in [0.2, 0.25) is 0 Å². The maximum absolute atomic E-state index is 9.61. The van der Waals surface area contributed by atoms with Crippen molar-refractivity contribution in [3.8, 4) is 0 Å². The van der Waals surface area contributed by atoms with Crippen molar-refractivity contribution in [3.05, 3.63) is 24.4 Å². The maximum atomic E-state index is 9.61. The summed E-state index contributed by atoms with van der Waals surface area (Å²) >= 11 is 0.